The monoisotopic (exact) mass is 368 g/mol. The van der Waals surface area contributed by atoms with Gasteiger partial charge in [0.25, 0.3) is 0 Å². The number of benzene rings is 1. The number of aliphatic imine (C=N–C) groups is 1. The van der Waals surface area contributed by atoms with E-state index in [-0.39, 0.29) is 0 Å². The van der Waals surface area contributed by atoms with E-state index in [2.05, 4.69) is 58.5 Å². The van der Waals surface area contributed by atoms with Crippen LogP contribution in [0.25, 0.3) is 0 Å². The molecule has 5 heteroatoms. The number of nitrogens with one attached hydrogen (secondary N) is 1. The topological polar surface area (TPSA) is 40.5 Å². The molecule has 1 aliphatic heterocycles. The molecule has 1 atom stereocenters. The van der Waals surface area contributed by atoms with Crippen LogP contribution in [-0.2, 0) is 6.42 Å². The summed E-state index contributed by atoms with van der Waals surface area (Å²) in [6.07, 6.45) is 3.97. The highest BCUT2D eigenvalue weighted by Gasteiger charge is 2.24. The number of nitrogens with zero attached hydrogens (tertiary/aromatic N) is 3. The molecule has 0 saturated carbocycles. The number of guanidine groups is 1. The van der Waals surface area contributed by atoms with Crippen LogP contribution in [0.3, 0.4) is 0 Å². The van der Waals surface area contributed by atoms with Gasteiger partial charge in [-0.15, -0.1) is 11.8 Å². The highest BCUT2D eigenvalue weighted by Crippen LogP contribution is 2.25. The minimum atomic E-state index is 0.722. The molecule has 2 heterocycles. The van der Waals surface area contributed by atoms with Crippen LogP contribution in [0.4, 0.5) is 0 Å². The van der Waals surface area contributed by atoms with Crippen molar-refractivity contribution < 1.29 is 0 Å². The predicted molar refractivity (Wildman–Crippen MR) is 111 cm³/mol. The zero-order valence-electron chi connectivity index (χ0n) is 15.5. The van der Waals surface area contributed by atoms with Gasteiger partial charge in [0.05, 0.1) is 0 Å². The maximum Gasteiger partial charge on any atom is 0.193 e. The fourth-order valence-electron chi connectivity index (χ4n) is 3.14. The normalized spacial score (nSPS) is 17.5. The summed E-state index contributed by atoms with van der Waals surface area (Å²) in [5, 5.41) is 3.45. The summed E-state index contributed by atoms with van der Waals surface area (Å²) < 4.78 is 0. The number of rotatable bonds is 7. The van der Waals surface area contributed by atoms with Crippen molar-refractivity contribution in [2.24, 2.45) is 10.9 Å². The summed E-state index contributed by atoms with van der Waals surface area (Å²) in [7, 11) is 0. The van der Waals surface area contributed by atoms with E-state index in [1.165, 1.54) is 17.1 Å². The Bertz CT molecular complexity index is 675. The van der Waals surface area contributed by atoms with E-state index >= 15 is 0 Å². The first-order valence-corrected chi connectivity index (χ1v) is 10.4. The summed E-state index contributed by atoms with van der Waals surface area (Å²) >= 11 is 1.96. The zero-order chi connectivity index (χ0) is 18.0. The van der Waals surface area contributed by atoms with Crippen LogP contribution < -0.4 is 5.32 Å². The van der Waals surface area contributed by atoms with Crippen LogP contribution in [0.15, 0.2) is 64.6 Å². The molecule has 0 aliphatic carbocycles. The third kappa shape index (κ3) is 5.77. The van der Waals surface area contributed by atoms with Crippen LogP contribution in [0.5, 0.6) is 0 Å². The minimum Gasteiger partial charge on any atom is -0.357 e. The molecule has 1 aliphatic rings. The average Bonchev–Trinajstić information content (AvgIpc) is 3.16. The second-order valence-electron chi connectivity index (χ2n) is 6.53. The van der Waals surface area contributed by atoms with Crippen LogP contribution in [0.1, 0.15) is 19.0 Å². The third-order valence-electron chi connectivity index (χ3n) is 4.50. The van der Waals surface area contributed by atoms with Crippen molar-refractivity contribution in [3.8, 4) is 0 Å². The van der Waals surface area contributed by atoms with E-state index in [1.54, 1.807) is 0 Å². The van der Waals surface area contributed by atoms with Crippen molar-refractivity contribution in [1.29, 1.82) is 0 Å². The van der Waals surface area contributed by atoms with Gasteiger partial charge < -0.3 is 10.2 Å². The van der Waals surface area contributed by atoms with E-state index in [1.807, 2.05) is 30.1 Å². The van der Waals surface area contributed by atoms with Crippen LogP contribution in [0.2, 0.25) is 0 Å². The van der Waals surface area contributed by atoms with Crippen LogP contribution in [-0.4, -0.2) is 47.8 Å². The van der Waals surface area contributed by atoms with Gasteiger partial charge >= 0.3 is 0 Å². The van der Waals surface area contributed by atoms with E-state index < -0.39 is 0 Å². The molecular formula is C21H28N4S. The van der Waals surface area contributed by atoms with E-state index in [4.69, 9.17) is 4.99 Å². The van der Waals surface area contributed by atoms with E-state index in [9.17, 15) is 0 Å². The second kappa shape index (κ2) is 10.2. The van der Waals surface area contributed by atoms with Crippen molar-refractivity contribution in [3.63, 3.8) is 0 Å². The quantitative estimate of drug-likeness (QED) is 0.460. The van der Waals surface area contributed by atoms with Crippen molar-refractivity contribution in [3.05, 3.63) is 60.4 Å². The highest BCUT2D eigenvalue weighted by molar-refractivity contribution is 7.99. The number of aromatic nitrogens is 1. The summed E-state index contributed by atoms with van der Waals surface area (Å²) in [5.41, 5.74) is 1.10. The van der Waals surface area contributed by atoms with Crippen LogP contribution >= 0.6 is 11.8 Å². The number of pyridine rings is 1. The Morgan fingerprint density at radius 3 is 2.85 bits per heavy atom. The Balaban J connectivity index is 1.49. The molecule has 1 saturated heterocycles. The van der Waals surface area contributed by atoms with E-state index in [0.29, 0.717) is 0 Å². The molecule has 3 rings (SSSR count). The van der Waals surface area contributed by atoms with Crippen molar-refractivity contribution in [2.45, 2.75) is 24.7 Å². The van der Waals surface area contributed by atoms with Crippen molar-refractivity contribution in [2.75, 3.05) is 31.9 Å². The van der Waals surface area contributed by atoms with Gasteiger partial charge in [-0.1, -0.05) is 24.3 Å². The lowest BCUT2D eigenvalue weighted by Crippen LogP contribution is -2.40. The first kappa shape index (κ1) is 18.8. The molecule has 1 unspecified atom stereocenters. The average molecular weight is 369 g/mol. The molecule has 4 nitrogen and oxygen atoms in total. The lowest BCUT2D eigenvalue weighted by molar-refractivity contribution is 0.474. The molecule has 1 aromatic heterocycles. The zero-order valence-corrected chi connectivity index (χ0v) is 16.3. The molecule has 1 N–H and O–H groups in total. The smallest absolute Gasteiger partial charge is 0.193 e. The van der Waals surface area contributed by atoms with Gasteiger partial charge in [0.2, 0.25) is 0 Å². The van der Waals surface area contributed by atoms with Crippen molar-refractivity contribution in [1.82, 2.24) is 15.2 Å². The maximum absolute atomic E-state index is 4.83. The third-order valence-corrected chi connectivity index (χ3v) is 5.75. The van der Waals surface area contributed by atoms with Gasteiger partial charge in [-0.05, 0) is 43.5 Å². The van der Waals surface area contributed by atoms with E-state index in [0.717, 1.165) is 50.2 Å². The summed E-state index contributed by atoms with van der Waals surface area (Å²) in [4.78, 5) is 13.0. The van der Waals surface area contributed by atoms with Gasteiger partial charge in [0, 0.05) is 55.1 Å². The summed E-state index contributed by atoms with van der Waals surface area (Å²) in [6.45, 7) is 6.00. The lowest BCUT2D eigenvalue weighted by atomic mass is 10.2. The molecule has 1 aromatic carbocycles. The summed E-state index contributed by atoms with van der Waals surface area (Å²) in [6, 6.07) is 16.7. The number of hydrogen-bond acceptors (Lipinski definition) is 3. The Morgan fingerprint density at radius 2 is 2.08 bits per heavy atom. The van der Waals surface area contributed by atoms with Crippen molar-refractivity contribution >= 4 is 17.7 Å². The standard InChI is InChI=1S/C21H28N4S/c1-2-22-21(24-14-11-19-8-6-7-13-23-19)25-15-12-18(16-25)17-26-20-9-4-3-5-10-20/h3-10,13,18H,2,11-12,14-17H2,1H3,(H,22,24). The highest BCUT2D eigenvalue weighted by atomic mass is 32.2. The fourth-order valence-corrected chi connectivity index (χ4v) is 4.19. The Morgan fingerprint density at radius 1 is 1.23 bits per heavy atom. The first-order valence-electron chi connectivity index (χ1n) is 9.46. The molecular weight excluding hydrogens is 340 g/mol. The molecule has 0 amide bonds. The second-order valence-corrected chi connectivity index (χ2v) is 7.62. The maximum atomic E-state index is 4.83. The molecule has 0 radical (unpaired) electrons. The molecule has 26 heavy (non-hydrogen) atoms. The van der Waals surface area contributed by atoms with Gasteiger partial charge in [0.15, 0.2) is 5.96 Å². The largest absolute Gasteiger partial charge is 0.357 e. The van der Waals surface area contributed by atoms with Gasteiger partial charge in [-0.3, -0.25) is 9.98 Å². The first-order chi connectivity index (χ1) is 12.8. The SMILES string of the molecule is CCNC(=NCCc1ccccn1)N1CCC(CSc2ccccc2)C1. The number of thioether (sulfide) groups is 1. The molecule has 1 fully saturated rings. The lowest BCUT2D eigenvalue weighted by Gasteiger charge is -2.21. The van der Waals surface area contributed by atoms with Crippen LogP contribution in [0, 0.1) is 5.92 Å². The Hall–Kier alpha value is -2.01. The predicted octanol–water partition coefficient (Wildman–Crippen LogP) is 3.70. The van der Waals surface area contributed by atoms with Gasteiger partial charge in [-0.2, -0.15) is 0 Å². The minimum absolute atomic E-state index is 0.722. The molecule has 0 bridgehead atoms. The Kier molecular flexibility index (Phi) is 7.37. The Labute approximate surface area is 161 Å². The number of hydrogen-bond donors (Lipinski definition) is 1. The molecule has 0 spiro atoms. The van der Waals surface area contributed by atoms with Gasteiger partial charge in [0.1, 0.15) is 0 Å². The fraction of sp³-hybridized carbons (Fsp3) is 0.429. The molecule has 2 aromatic rings. The number of likely N-dealkylation sites (tertiary alicyclic amines) is 1. The van der Waals surface area contributed by atoms with Gasteiger partial charge in [-0.25, -0.2) is 0 Å². The molecule has 138 valence electrons. The summed E-state index contributed by atoms with van der Waals surface area (Å²) in [5.74, 6) is 2.95.